The van der Waals surface area contributed by atoms with E-state index in [2.05, 4.69) is 15.4 Å². The summed E-state index contributed by atoms with van der Waals surface area (Å²) >= 11 is 0. The van der Waals surface area contributed by atoms with Crippen LogP contribution in [0.1, 0.15) is 18.9 Å². The number of nitrogens with one attached hydrogen (secondary N) is 1. The van der Waals surface area contributed by atoms with Crippen molar-refractivity contribution < 1.29 is 13.9 Å². The zero-order valence-electron chi connectivity index (χ0n) is 11.8. The molecule has 2 N–H and O–H groups in total. The maximum atomic E-state index is 14.0. The molecular weight excluding hydrogens is 278 g/mol. The van der Waals surface area contributed by atoms with Crippen LogP contribution in [0.2, 0.25) is 0 Å². The smallest absolute Gasteiger partial charge is 0.137 e. The average molecular weight is 296 g/mol. The van der Waals surface area contributed by atoms with Crippen LogP contribution in [0.25, 0.3) is 0 Å². The van der Waals surface area contributed by atoms with Crippen molar-refractivity contribution in [2.24, 2.45) is 0 Å². The molecule has 0 aliphatic carbocycles. The van der Waals surface area contributed by atoms with Crippen LogP contribution in [0.4, 0.5) is 8.78 Å². The first-order valence-corrected chi connectivity index (χ1v) is 6.76. The molecule has 2 rings (SSSR count). The van der Waals surface area contributed by atoms with Gasteiger partial charge in [-0.15, -0.1) is 0 Å². The molecule has 1 heterocycles. The lowest BCUT2D eigenvalue weighted by molar-refractivity contribution is 0.0122. The van der Waals surface area contributed by atoms with Crippen LogP contribution in [-0.2, 0) is 12.1 Å². The van der Waals surface area contributed by atoms with Gasteiger partial charge < -0.3 is 10.4 Å². The normalized spacial score (nSPS) is 14.1. The second kappa shape index (κ2) is 6.73. The molecule has 0 aliphatic rings. The van der Waals surface area contributed by atoms with E-state index in [1.54, 1.807) is 0 Å². The monoisotopic (exact) mass is 296 g/mol. The Balaban J connectivity index is 2.29. The van der Waals surface area contributed by atoms with E-state index in [0.29, 0.717) is 6.54 Å². The Hall–Kier alpha value is -1.86. The number of rotatable bonds is 7. The summed E-state index contributed by atoms with van der Waals surface area (Å²) in [5, 5.41) is 17.8. The van der Waals surface area contributed by atoms with Crippen LogP contribution in [-0.4, -0.2) is 33.0 Å². The SMILES string of the molecule is CCCNCC(O)(Cn1cncn1)c1ccc(F)cc1F. The van der Waals surface area contributed by atoms with E-state index in [0.717, 1.165) is 18.6 Å². The predicted molar refractivity (Wildman–Crippen MR) is 73.4 cm³/mol. The summed E-state index contributed by atoms with van der Waals surface area (Å²) in [5.74, 6) is -1.46. The molecule has 0 bridgehead atoms. The topological polar surface area (TPSA) is 63.0 Å². The van der Waals surface area contributed by atoms with Crippen molar-refractivity contribution >= 4 is 0 Å². The summed E-state index contributed by atoms with van der Waals surface area (Å²) < 4.78 is 28.5. The molecule has 0 amide bonds. The molecule has 1 atom stereocenters. The molecule has 0 saturated heterocycles. The second-order valence-corrected chi connectivity index (χ2v) is 4.93. The zero-order valence-corrected chi connectivity index (χ0v) is 11.8. The van der Waals surface area contributed by atoms with Gasteiger partial charge in [0, 0.05) is 18.2 Å². The highest BCUT2D eigenvalue weighted by Gasteiger charge is 2.33. The van der Waals surface area contributed by atoms with Gasteiger partial charge in [0.1, 0.15) is 29.9 Å². The molecule has 0 fully saturated rings. The molecule has 5 nitrogen and oxygen atoms in total. The Morgan fingerprint density at radius 3 is 2.81 bits per heavy atom. The fourth-order valence-corrected chi connectivity index (χ4v) is 2.16. The molecule has 7 heteroatoms. The quantitative estimate of drug-likeness (QED) is 0.759. The van der Waals surface area contributed by atoms with Gasteiger partial charge in [-0.05, 0) is 19.0 Å². The van der Waals surface area contributed by atoms with Gasteiger partial charge in [0.15, 0.2) is 0 Å². The van der Waals surface area contributed by atoms with Gasteiger partial charge >= 0.3 is 0 Å². The number of hydrogen-bond acceptors (Lipinski definition) is 4. The minimum atomic E-state index is -1.54. The summed E-state index contributed by atoms with van der Waals surface area (Å²) in [6.07, 6.45) is 3.65. The van der Waals surface area contributed by atoms with E-state index in [-0.39, 0.29) is 18.7 Å². The zero-order chi connectivity index (χ0) is 15.3. The molecule has 0 spiro atoms. The Morgan fingerprint density at radius 1 is 1.38 bits per heavy atom. The maximum absolute atomic E-state index is 14.0. The number of nitrogens with zero attached hydrogens (tertiary/aromatic N) is 3. The first kappa shape index (κ1) is 15.5. The lowest BCUT2D eigenvalue weighted by atomic mass is 9.93. The van der Waals surface area contributed by atoms with Gasteiger partial charge in [0.25, 0.3) is 0 Å². The van der Waals surface area contributed by atoms with Gasteiger partial charge in [-0.1, -0.05) is 13.0 Å². The molecular formula is C14H18F2N4O. The Bertz CT molecular complexity index is 576. The lowest BCUT2D eigenvalue weighted by Crippen LogP contribution is -2.42. The average Bonchev–Trinajstić information content (AvgIpc) is 2.91. The van der Waals surface area contributed by atoms with Crippen molar-refractivity contribution in [3.63, 3.8) is 0 Å². The summed E-state index contributed by atoms with van der Waals surface area (Å²) in [6.45, 7) is 2.82. The fraction of sp³-hybridized carbons (Fsp3) is 0.429. The summed E-state index contributed by atoms with van der Waals surface area (Å²) in [5.41, 5.74) is -1.51. The van der Waals surface area contributed by atoms with Crippen LogP contribution in [0.5, 0.6) is 0 Å². The van der Waals surface area contributed by atoms with E-state index in [1.165, 1.54) is 23.4 Å². The summed E-state index contributed by atoms with van der Waals surface area (Å²) in [6, 6.07) is 3.15. The summed E-state index contributed by atoms with van der Waals surface area (Å²) in [4.78, 5) is 3.80. The van der Waals surface area contributed by atoms with Gasteiger partial charge in [-0.3, -0.25) is 0 Å². The number of benzene rings is 1. The maximum Gasteiger partial charge on any atom is 0.137 e. The van der Waals surface area contributed by atoms with Crippen molar-refractivity contribution in [3.8, 4) is 0 Å². The molecule has 21 heavy (non-hydrogen) atoms. The predicted octanol–water partition coefficient (Wildman–Crippen LogP) is 1.44. The standard InChI is InChI=1S/C14H18F2N4O/c1-2-5-17-7-14(21,8-20-10-18-9-19-20)12-4-3-11(15)6-13(12)16/h3-4,6,9-10,17,21H,2,5,7-8H2,1H3. The first-order valence-electron chi connectivity index (χ1n) is 6.76. The van der Waals surface area contributed by atoms with Crippen LogP contribution >= 0.6 is 0 Å². The van der Waals surface area contributed by atoms with Gasteiger partial charge in [0.05, 0.1) is 6.54 Å². The van der Waals surface area contributed by atoms with Crippen molar-refractivity contribution in [2.45, 2.75) is 25.5 Å². The molecule has 0 saturated carbocycles. The number of halogens is 2. The van der Waals surface area contributed by atoms with E-state index in [1.807, 2.05) is 6.92 Å². The Labute approximate surface area is 121 Å². The molecule has 0 aliphatic heterocycles. The van der Waals surface area contributed by atoms with Gasteiger partial charge in [-0.25, -0.2) is 18.4 Å². The van der Waals surface area contributed by atoms with Crippen LogP contribution in [0.3, 0.4) is 0 Å². The highest BCUT2D eigenvalue weighted by Crippen LogP contribution is 2.26. The van der Waals surface area contributed by atoms with Crippen LogP contribution in [0.15, 0.2) is 30.9 Å². The van der Waals surface area contributed by atoms with E-state index in [4.69, 9.17) is 0 Å². The third-order valence-electron chi connectivity index (χ3n) is 3.17. The van der Waals surface area contributed by atoms with Crippen LogP contribution in [0, 0.1) is 11.6 Å². The van der Waals surface area contributed by atoms with Crippen LogP contribution < -0.4 is 5.32 Å². The summed E-state index contributed by atoms with van der Waals surface area (Å²) in [7, 11) is 0. The second-order valence-electron chi connectivity index (χ2n) is 4.93. The number of hydrogen-bond donors (Lipinski definition) is 2. The van der Waals surface area contributed by atoms with Crippen molar-refractivity contribution in [3.05, 3.63) is 48.1 Å². The lowest BCUT2D eigenvalue weighted by Gasteiger charge is -2.29. The van der Waals surface area contributed by atoms with Gasteiger partial charge in [-0.2, -0.15) is 5.10 Å². The Kier molecular flexibility index (Phi) is 4.98. The minimum Gasteiger partial charge on any atom is -0.382 e. The highest BCUT2D eigenvalue weighted by molar-refractivity contribution is 5.25. The van der Waals surface area contributed by atoms with Gasteiger partial charge in [0.2, 0.25) is 0 Å². The van der Waals surface area contributed by atoms with Crippen molar-refractivity contribution in [1.29, 1.82) is 0 Å². The third-order valence-corrected chi connectivity index (χ3v) is 3.17. The molecule has 1 aromatic heterocycles. The first-order chi connectivity index (χ1) is 10.0. The van der Waals surface area contributed by atoms with Crippen molar-refractivity contribution in [1.82, 2.24) is 20.1 Å². The van der Waals surface area contributed by atoms with E-state index in [9.17, 15) is 13.9 Å². The molecule has 1 unspecified atom stereocenters. The minimum absolute atomic E-state index is 0.0201. The molecule has 1 aromatic carbocycles. The molecule has 114 valence electrons. The Morgan fingerprint density at radius 2 is 2.19 bits per heavy atom. The third kappa shape index (κ3) is 3.83. The number of aliphatic hydroxyl groups is 1. The van der Waals surface area contributed by atoms with E-state index < -0.39 is 17.2 Å². The van der Waals surface area contributed by atoms with E-state index >= 15 is 0 Å². The molecule has 0 radical (unpaired) electrons. The highest BCUT2D eigenvalue weighted by atomic mass is 19.1. The fourth-order valence-electron chi connectivity index (χ4n) is 2.16. The largest absolute Gasteiger partial charge is 0.382 e. The number of aromatic nitrogens is 3. The van der Waals surface area contributed by atoms with Crippen molar-refractivity contribution in [2.75, 3.05) is 13.1 Å². The molecule has 2 aromatic rings.